The van der Waals surface area contributed by atoms with Crippen molar-refractivity contribution < 1.29 is 9.53 Å². The molecule has 0 bridgehead atoms. The minimum Gasteiger partial charge on any atom is -0.378 e. The summed E-state index contributed by atoms with van der Waals surface area (Å²) in [6.45, 7) is 7.86. The molecular formula is C11H22N2O2. The molecule has 4 nitrogen and oxygen atoms in total. The maximum Gasteiger partial charge on any atom is 0.317 e. The minimum atomic E-state index is 0.0249. The van der Waals surface area contributed by atoms with Crippen LogP contribution in [-0.2, 0) is 4.74 Å². The largest absolute Gasteiger partial charge is 0.378 e. The molecular weight excluding hydrogens is 192 g/mol. The molecule has 2 atom stereocenters. The number of likely N-dealkylation sites (N-methyl/N-ethyl adjacent to an activating group) is 1. The molecule has 1 aliphatic heterocycles. The Morgan fingerprint density at radius 1 is 1.53 bits per heavy atom. The van der Waals surface area contributed by atoms with E-state index in [1.807, 2.05) is 7.05 Å². The van der Waals surface area contributed by atoms with Gasteiger partial charge in [0.05, 0.1) is 12.1 Å². The topological polar surface area (TPSA) is 41.6 Å². The zero-order valence-corrected chi connectivity index (χ0v) is 10.1. The van der Waals surface area contributed by atoms with Crippen LogP contribution in [0.15, 0.2) is 0 Å². The molecule has 15 heavy (non-hydrogen) atoms. The third kappa shape index (κ3) is 3.38. The lowest BCUT2D eigenvalue weighted by atomic mass is 10.1. The molecule has 1 heterocycles. The second-order valence-corrected chi connectivity index (χ2v) is 4.56. The summed E-state index contributed by atoms with van der Waals surface area (Å²) in [5.41, 5.74) is 0. The average Bonchev–Trinajstić information content (AvgIpc) is 2.49. The summed E-state index contributed by atoms with van der Waals surface area (Å²) in [7, 11) is 1.83. The minimum absolute atomic E-state index is 0.0249. The zero-order chi connectivity index (χ0) is 11.4. The molecule has 0 aromatic carbocycles. The summed E-state index contributed by atoms with van der Waals surface area (Å²) < 4.78 is 5.68. The first-order valence-electron chi connectivity index (χ1n) is 5.64. The molecule has 88 valence electrons. The Bertz CT molecular complexity index is 219. The summed E-state index contributed by atoms with van der Waals surface area (Å²) in [5.74, 6) is 0.547. The van der Waals surface area contributed by atoms with Crippen molar-refractivity contribution >= 4 is 6.03 Å². The van der Waals surface area contributed by atoms with Gasteiger partial charge in [0.25, 0.3) is 0 Å². The Morgan fingerprint density at radius 2 is 2.20 bits per heavy atom. The van der Waals surface area contributed by atoms with Crippen LogP contribution in [0.25, 0.3) is 0 Å². The van der Waals surface area contributed by atoms with Gasteiger partial charge in [-0.15, -0.1) is 0 Å². The predicted octanol–water partition coefficient (Wildman–Crippen LogP) is 1.46. The fraction of sp³-hybridized carbons (Fsp3) is 0.909. The molecule has 1 fully saturated rings. The quantitative estimate of drug-likeness (QED) is 0.753. The van der Waals surface area contributed by atoms with Crippen LogP contribution in [0.5, 0.6) is 0 Å². The first-order chi connectivity index (χ1) is 7.02. The lowest BCUT2D eigenvalue weighted by Crippen LogP contribution is -2.31. The van der Waals surface area contributed by atoms with Gasteiger partial charge >= 0.3 is 6.03 Å². The number of hydrogen-bond acceptors (Lipinski definition) is 2. The van der Waals surface area contributed by atoms with Crippen molar-refractivity contribution in [3.8, 4) is 0 Å². The summed E-state index contributed by atoms with van der Waals surface area (Å²) >= 11 is 0. The van der Waals surface area contributed by atoms with E-state index in [0.717, 1.165) is 19.6 Å². The van der Waals surface area contributed by atoms with Gasteiger partial charge in [-0.1, -0.05) is 13.8 Å². The monoisotopic (exact) mass is 214 g/mol. The van der Waals surface area contributed by atoms with Gasteiger partial charge in [0.1, 0.15) is 0 Å². The fourth-order valence-corrected chi connectivity index (χ4v) is 1.51. The summed E-state index contributed by atoms with van der Waals surface area (Å²) in [5, 5.41) is 2.81. The second-order valence-electron chi connectivity index (χ2n) is 4.56. The second kappa shape index (κ2) is 5.35. The van der Waals surface area contributed by atoms with E-state index in [0.29, 0.717) is 12.0 Å². The van der Waals surface area contributed by atoms with Gasteiger partial charge in [-0.2, -0.15) is 0 Å². The van der Waals surface area contributed by atoms with E-state index in [4.69, 9.17) is 4.74 Å². The van der Waals surface area contributed by atoms with Gasteiger partial charge in [0.2, 0.25) is 0 Å². The molecule has 0 aromatic rings. The molecule has 1 aliphatic rings. The highest BCUT2D eigenvalue weighted by Crippen LogP contribution is 2.10. The molecule has 0 saturated carbocycles. The highest BCUT2D eigenvalue weighted by molar-refractivity contribution is 5.76. The van der Waals surface area contributed by atoms with E-state index in [1.165, 1.54) is 0 Å². The number of urea groups is 1. The van der Waals surface area contributed by atoms with E-state index in [9.17, 15) is 4.79 Å². The SMILES string of the molecule is CC(C)C(C)OCC[C@H]1CNC(=O)N1C. The Kier molecular flexibility index (Phi) is 4.39. The van der Waals surface area contributed by atoms with Gasteiger partial charge in [0, 0.05) is 20.2 Å². The fourth-order valence-electron chi connectivity index (χ4n) is 1.51. The summed E-state index contributed by atoms with van der Waals surface area (Å²) in [6.07, 6.45) is 1.20. The van der Waals surface area contributed by atoms with Crippen molar-refractivity contribution in [2.75, 3.05) is 20.2 Å². The third-order valence-corrected chi connectivity index (χ3v) is 3.13. The van der Waals surface area contributed by atoms with Crippen molar-refractivity contribution in [2.45, 2.75) is 39.3 Å². The molecule has 0 radical (unpaired) electrons. The molecule has 1 saturated heterocycles. The molecule has 4 heteroatoms. The maximum atomic E-state index is 11.2. The molecule has 1 N–H and O–H groups in total. The van der Waals surface area contributed by atoms with Gasteiger partial charge in [-0.05, 0) is 19.3 Å². The van der Waals surface area contributed by atoms with Crippen LogP contribution >= 0.6 is 0 Å². The van der Waals surface area contributed by atoms with Crippen molar-refractivity contribution in [2.24, 2.45) is 5.92 Å². The Morgan fingerprint density at radius 3 is 2.67 bits per heavy atom. The van der Waals surface area contributed by atoms with Crippen molar-refractivity contribution in [3.63, 3.8) is 0 Å². The average molecular weight is 214 g/mol. The first kappa shape index (κ1) is 12.3. The number of carbonyl (C=O) groups excluding carboxylic acids is 1. The smallest absolute Gasteiger partial charge is 0.317 e. The van der Waals surface area contributed by atoms with Crippen molar-refractivity contribution in [1.29, 1.82) is 0 Å². The van der Waals surface area contributed by atoms with Crippen LogP contribution in [0.1, 0.15) is 27.2 Å². The van der Waals surface area contributed by atoms with Gasteiger partial charge in [-0.25, -0.2) is 4.79 Å². The Hall–Kier alpha value is -0.770. The Labute approximate surface area is 92.0 Å². The van der Waals surface area contributed by atoms with E-state index in [1.54, 1.807) is 4.90 Å². The predicted molar refractivity (Wildman–Crippen MR) is 59.8 cm³/mol. The number of rotatable bonds is 5. The molecule has 0 aliphatic carbocycles. The Balaban J connectivity index is 2.18. The molecule has 2 amide bonds. The van der Waals surface area contributed by atoms with Crippen molar-refractivity contribution in [1.82, 2.24) is 10.2 Å². The van der Waals surface area contributed by atoms with Crippen LogP contribution in [-0.4, -0.2) is 43.3 Å². The van der Waals surface area contributed by atoms with Crippen LogP contribution in [0.4, 0.5) is 4.79 Å². The lowest BCUT2D eigenvalue weighted by Gasteiger charge is -2.20. The first-order valence-corrected chi connectivity index (χ1v) is 5.64. The summed E-state index contributed by atoms with van der Waals surface area (Å²) in [6, 6.07) is 0.314. The van der Waals surface area contributed by atoms with E-state index in [2.05, 4.69) is 26.1 Å². The van der Waals surface area contributed by atoms with E-state index < -0.39 is 0 Å². The number of nitrogens with one attached hydrogen (secondary N) is 1. The molecule has 1 unspecified atom stereocenters. The highest BCUT2D eigenvalue weighted by atomic mass is 16.5. The van der Waals surface area contributed by atoms with Gasteiger partial charge in [-0.3, -0.25) is 0 Å². The molecule has 0 aromatic heterocycles. The van der Waals surface area contributed by atoms with Crippen molar-refractivity contribution in [3.05, 3.63) is 0 Å². The van der Waals surface area contributed by atoms with E-state index in [-0.39, 0.29) is 12.1 Å². The lowest BCUT2D eigenvalue weighted by molar-refractivity contribution is 0.0278. The van der Waals surface area contributed by atoms with Gasteiger partial charge < -0.3 is 15.0 Å². The molecule has 0 spiro atoms. The van der Waals surface area contributed by atoms with Crippen LogP contribution in [0.3, 0.4) is 0 Å². The number of ether oxygens (including phenoxy) is 1. The highest BCUT2D eigenvalue weighted by Gasteiger charge is 2.26. The van der Waals surface area contributed by atoms with Crippen LogP contribution in [0.2, 0.25) is 0 Å². The number of nitrogens with zero attached hydrogens (tertiary/aromatic N) is 1. The van der Waals surface area contributed by atoms with E-state index >= 15 is 0 Å². The standard InChI is InChI=1S/C11H22N2O2/c1-8(2)9(3)15-6-5-10-7-12-11(14)13(10)4/h8-10H,5-7H2,1-4H3,(H,12,14)/t9?,10-/m0/s1. The van der Waals surface area contributed by atoms with Crippen LogP contribution in [0, 0.1) is 5.92 Å². The normalized spacial score (nSPS) is 23.4. The maximum absolute atomic E-state index is 11.2. The third-order valence-electron chi connectivity index (χ3n) is 3.13. The van der Waals surface area contributed by atoms with Crippen LogP contribution < -0.4 is 5.32 Å². The number of amides is 2. The van der Waals surface area contributed by atoms with Gasteiger partial charge in [0.15, 0.2) is 0 Å². The summed E-state index contributed by atoms with van der Waals surface area (Å²) in [4.78, 5) is 12.9. The number of carbonyl (C=O) groups is 1. The zero-order valence-electron chi connectivity index (χ0n) is 10.1. The number of hydrogen-bond donors (Lipinski definition) is 1. The molecule has 1 rings (SSSR count).